The van der Waals surface area contributed by atoms with Crippen molar-refractivity contribution in [1.29, 1.82) is 0 Å². The molecule has 0 aliphatic rings. The minimum atomic E-state index is 0.105. The zero-order chi connectivity index (χ0) is 14.0. The number of hydrogen-bond acceptors (Lipinski definition) is 3. The molecule has 0 saturated heterocycles. The van der Waals surface area contributed by atoms with Crippen molar-refractivity contribution >= 4 is 5.91 Å². The zero-order valence-electron chi connectivity index (χ0n) is 12.5. The van der Waals surface area contributed by atoms with Gasteiger partial charge in [-0.05, 0) is 52.7 Å². The Labute approximate surface area is 112 Å². The van der Waals surface area contributed by atoms with Gasteiger partial charge in [0.2, 0.25) is 5.91 Å². The second kappa shape index (κ2) is 10.3. The Bertz CT molecular complexity index is 215. The number of nitrogens with one attached hydrogen (secondary N) is 1. The molecule has 0 aliphatic carbocycles. The van der Waals surface area contributed by atoms with Crippen molar-refractivity contribution in [3.63, 3.8) is 0 Å². The summed E-state index contributed by atoms with van der Waals surface area (Å²) in [6.45, 7) is 11.7. The van der Waals surface area contributed by atoms with Crippen molar-refractivity contribution in [1.82, 2.24) is 10.2 Å². The van der Waals surface area contributed by atoms with Gasteiger partial charge in [-0.3, -0.25) is 4.79 Å². The fraction of sp³-hybridized carbons (Fsp3) is 0.929. The number of rotatable bonds is 10. The minimum Gasteiger partial charge on any atom is -0.354 e. The van der Waals surface area contributed by atoms with E-state index in [0.717, 1.165) is 38.9 Å². The Kier molecular flexibility index (Phi) is 9.98. The summed E-state index contributed by atoms with van der Waals surface area (Å²) in [7, 11) is 0. The maximum absolute atomic E-state index is 11.6. The number of amides is 1. The summed E-state index contributed by atoms with van der Waals surface area (Å²) in [5.41, 5.74) is 5.63. The number of nitrogens with two attached hydrogens (primary N) is 1. The monoisotopic (exact) mass is 257 g/mol. The van der Waals surface area contributed by atoms with Crippen LogP contribution in [0.25, 0.3) is 0 Å². The number of carbonyl (C=O) groups excluding carboxylic acids is 1. The smallest absolute Gasteiger partial charge is 0.220 e. The summed E-state index contributed by atoms with van der Waals surface area (Å²) in [5, 5.41) is 3.03. The third kappa shape index (κ3) is 9.42. The molecule has 0 aromatic rings. The highest BCUT2D eigenvalue weighted by Gasteiger charge is 2.08. The first kappa shape index (κ1) is 17.4. The van der Waals surface area contributed by atoms with Gasteiger partial charge in [0.05, 0.1) is 0 Å². The standard InChI is InChI=1S/C14H31N3O/c1-5-17(6-2)11-7-8-13(4)16-14(18)10-9-12(3)15/h12-13H,5-11,15H2,1-4H3,(H,16,18). The van der Waals surface area contributed by atoms with Crippen LogP contribution in [0.4, 0.5) is 0 Å². The lowest BCUT2D eigenvalue weighted by Gasteiger charge is -2.19. The second-order valence-corrected chi connectivity index (χ2v) is 5.15. The average Bonchev–Trinajstić information content (AvgIpc) is 2.32. The predicted molar refractivity (Wildman–Crippen MR) is 77.5 cm³/mol. The molecule has 0 rings (SSSR count). The largest absolute Gasteiger partial charge is 0.354 e. The van der Waals surface area contributed by atoms with Crippen LogP contribution in [0.1, 0.15) is 53.4 Å². The number of nitrogens with zero attached hydrogens (tertiary/aromatic N) is 1. The molecule has 0 aromatic heterocycles. The van der Waals surface area contributed by atoms with Crippen molar-refractivity contribution in [2.75, 3.05) is 19.6 Å². The van der Waals surface area contributed by atoms with Crippen LogP contribution in [0.5, 0.6) is 0 Å². The van der Waals surface area contributed by atoms with E-state index < -0.39 is 0 Å². The van der Waals surface area contributed by atoms with E-state index in [9.17, 15) is 4.79 Å². The van der Waals surface area contributed by atoms with Gasteiger partial charge in [0.15, 0.2) is 0 Å². The highest BCUT2D eigenvalue weighted by atomic mass is 16.1. The molecule has 0 fully saturated rings. The molecular formula is C14H31N3O. The molecule has 18 heavy (non-hydrogen) atoms. The van der Waals surface area contributed by atoms with Crippen LogP contribution in [0.3, 0.4) is 0 Å². The third-order valence-corrected chi connectivity index (χ3v) is 3.24. The molecule has 108 valence electrons. The van der Waals surface area contributed by atoms with E-state index in [1.54, 1.807) is 0 Å². The van der Waals surface area contributed by atoms with E-state index in [0.29, 0.717) is 6.42 Å². The van der Waals surface area contributed by atoms with E-state index in [1.165, 1.54) is 0 Å². The maximum atomic E-state index is 11.6. The van der Waals surface area contributed by atoms with Gasteiger partial charge in [-0.2, -0.15) is 0 Å². The van der Waals surface area contributed by atoms with Crippen molar-refractivity contribution in [3.8, 4) is 0 Å². The fourth-order valence-electron chi connectivity index (χ4n) is 1.94. The summed E-state index contributed by atoms with van der Waals surface area (Å²) >= 11 is 0. The molecule has 2 unspecified atom stereocenters. The first-order chi connectivity index (χ1) is 8.49. The van der Waals surface area contributed by atoms with Crippen LogP contribution >= 0.6 is 0 Å². The highest BCUT2D eigenvalue weighted by molar-refractivity contribution is 5.76. The molecule has 1 amide bonds. The molecular weight excluding hydrogens is 226 g/mol. The summed E-state index contributed by atoms with van der Waals surface area (Å²) in [6.07, 6.45) is 3.48. The van der Waals surface area contributed by atoms with Crippen molar-refractivity contribution in [2.45, 2.75) is 65.5 Å². The fourth-order valence-corrected chi connectivity index (χ4v) is 1.94. The van der Waals surface area contributed by atoms with E-state index in [-0.39, 0.29) is 18.0 Å². The Morgan fingerprint density at radius 2 is 1.83 bits per heavy atom. The molecule has 0 heterocycles. The van der Waals surface area contributed by atoms with Crippen LogP contribution in [0.2, 0.25) is 0 Å². The lowest BCUT2D eigenvalue weighted by Crippen LogP contribution is -2.34. The van der Waals surface area contributed by atoms with Gasteiger partial charge in [-0.1, -0.05) is 13.8 Å². The highest BCUT2D eigenvalue weighted by Crippen LogP contribution is 2.01. The van der Waals surface area contributed by atoms with Crippen LogP contribution < -0.4 is 11.1 Å². The Morgan fingerprint density at radius 1 is 1.22 bits per heavy atom. The van der Waals surface area contributed by atoms with Gasteiger partial charge in [0, 0.05) is 18.5 Å². The molecule has 0 saturated carbocycles. The molecule has 3 N–H and O–H groups in total. The minimum absolute atomic E-state index is 0.105. The van der Waals surface area contributed by atoms with Gasteiger partial charge >= 0.3 is 0 Å². The first-order valence-electron chi connectivity index (χ1n) is 7.26. The quantitative estimate of drug-likeness (QED) is 0.627. The van der Waals surface area contributed by atoms with Crippen LogP contribution in [-0.4, -0.2) is 42.5 Å². The summed E-state index contributed by atoms with van der Waals surface area (Å²) in [6, 6.07) is 0.370. The molecule has 4 heteroatoms. The van der Waals surface area contributed by atoms with Gasteiger partial charge in [-0.15, -0.1) is 0 Å². The molecule has 0 aromatic carbocycles. The summed E-state index contributed by atoms with van der Waals surface area (Å²) in [5.74, 6) is 0.127. The van der Waals surface area contributed by atoms with Crippen LogP contribution in [0.15, 0.2) is 0 Å². The SMILES string of the molecule is CCN(CC)CCCC(C)NC(=O)CCC(C)N. The van der Waals surface area contributed by atoms with Crippen molar-refractivity contribution in [3.05, 3.63) is 0 Å². The van der Waals surface area contributed by atoms with Crippen molar-refractivity contribution < 1.29 is 4.79 Å². The van der Waals surface area contributed by atoms with Gasteiger partial charge in [0.1, 0.15) is 0 Å². The van der Waals surface area contributed by atoms with E-state index >= 15 is 0 Å². The molecule has 4 nitrogen and oxygen atoms in total. The van der Waals surface area contributed by atoms with E-state index in [4.69, 9.17) is 5.73 Å². The maximum Gasteiger partial charge on any atom is 0.220 e. The average molecular weight is 257 g/mol. The topological polar surface area (TPSA) is 58.4 Å². The van der Waals surface area contributed by atoms with Crippen molar-refractivity contribution in [2.24, 2.45) is 5.73 Å². The van der Waals surface area contributed by atoms with E-state index in [2.05, 4.69) is 31.0 Å². The lowest BCUT2D eigenvalue weighted by atomic mass is 10.1. The van der Waals surface area contributed by atoms with Gasteiger partial charge in [-0.25, -0.2) is 0 Å². The Morgan fingerprint density at radius 3 is 2.33 bits per heavy atom. The molecule has 0 radical (unpaired) electrons. The lowest BCUT2D eigenvalue weighted by molar-refractivity contribution is -0.121. The number of carbonyl (C=O) groups is 1. The van der Waals surface area contributed by atoms with E-state index in [1.807, 2.05) is 6.92 Å². The first-order valence-corrected chi connectivity index (χ1v) is 7.26. The Balaban J connectivity index is 3.63. The molecule has 0 spiro atoms. The van der Waals surface area contributed by atoms with Crippen LogP contribution in [-0.2, 0) is 4.79 Å². The second-order valence-electron chi connectivity index (χ2n) is 5.15. The molecule has 0 aliphatic heterocycles. The molecule has 2 atom stereocenters. The summed E-state index contributed by atoms with van der Waals surface area (Å²) in [4.78, 5) is 14.0. The normalized spacial score (nSPS) is 14.6. The zero-order valence-corrected chi connectivity index (χ0v) is 12.5. The Hall–Kier alpha value is -0.610. The van der Waals surface area contributed by atoms with Crippen LogP contribution in [0, 0.1) is 0 Å². The number of hydrogen-bond donors (Lipinski definition) is 2. The van der Waals surface area contributed by atoms with Gasteiger partial charge < -0.3 is 16.0 Å². The third-order valence-electron chi connectivity index (χ3n) is 3.24. The predicted octanol–water partition coefficient (Wildman–Crippen LogP) is 1.74. The summed E-state index contributed by atoms with van der Waals surface area (Å²) < 4.78 is 0. The van der Waals surface area contributed by atoms with Gasteiger partial charge in [0.25, 0.3) is 0 Å². The molecule has 0 bridgehead atoms.